The highest BCUT2D eigenvalue weighted by Crippen LogP contribution is 2.50. The van der Waals surface area contributed by atoms with E-state index in [1.807, 2.05) is 0 Å². The highest BCUT2D eigenvalue weighted by Gasteiger charge is 2.50. The second kappa shape index (κ2) is 12.8. The van der Waals surface area contributed by atoms with Crippen LogP contribution in [0.3, 0.4) is 0 Å². The molecule has 0 N–H and O–H groups in total. The van der Waals surface area contributed by atoms with Crippen molar-refractivity contribution in [1.29, 1.82) is 0 Å². The average molecular weight is 829 g/mol. The second-order valence-electron chi connectivity index (χ2n) is 23.4. The van der Waals surface area contributed by atoms with Crippen LogP contribution in [-0.2, 0) is 21.7 Å². The Balaban J connectivity index is 1.27. The fraction of sp³-hybridized carbons (Fsp3) is 0.267. The smallest absolute Gasteiger partial charge is 0.248 e. The Labute approximate surface area is 381 Å². The third kappa shape index (κ3) is 5.47. The minimum absolute atomic E-state index is 0.00902. The number of fused-ring (bicyclic) bond motifs is 6. The summed E-state index contributed by atoms with van der Waals surface area (Å²) < 4.78 is 0. The van der Waals surface area contributed by atoms with E-state index in [-0.39, 0.29) is 35.1 Å². The predicted octanol–water partition coefficient (Wildman–Crippen LogP) is 12.1. The Morgan fingerprint density at radius 3 is 1.08 bits per heavy atom. The SMILES string of the molecule is CC(C)(C)c1ccc(N2c3ccc(C(C)(C)C)cc3B3c4c2cc2c5c4-c4c6c3cccc6cc3cccc(c43)B5c3cc(C(C)(C)C)ccc3N2c2ccc(C(C)(C)C)cc2)cc1. The fourth-order valence-corrected chi connectivity index (χ4v) is 11.8. The lowest BCUT2D eigenvalue weighted by Gasteiger charge is -2.47. The number of hydrogen-bond acceptors (Lipinski definition) is 2. The van der Waals surface area contributed by atoms with Gasteiger partial charge in [0.15, 0.2) is 0 Å². The molecule has 314 valence electrons. The van der Waals surface area contributed by atoms with Crippen molar-refractivity contribution in [2.75, 3.05) is 9.80 Å². The maximum atomic E-state index is 2.62. The Kier molecular flexibility index (Phi) is 7.94. The van der Waals surface area contributed by atoms with Crippen molar-refractivity contribution in [2.24, 2.45) is 0 Å². The molecule has 4 aliphatic rings. The number of hydrogen-bond donors (Lipinski definition) is 0. The number of nitrogens with zero attached hydrogens (tertiary/aromatic N) is 2. The van der Waals surface area contributed by atoms with E-state index < -0.39 is 0 Å². The summed E-state index contributed by atoms with van der Waals surface area (Å²) in [6.45, 7) is 28.2. The van der Waals surface area contributed by atoms with Crippen molar-refractivity contribution >= 4 is 102 Å². The van der Waals surface area contributed by atoms with E-state index in [0.717, 1.165) is 0 Å². The van der Waals surface area contributed by atoms with Gasteiger partial charge in [-0.25, -0.2) is 0 Å². The van der Waals surface area contributed by atoms with Gasteiger partial charge in [-0.05, 0) is 147 Å². The van der Waals surface area contributed by atoms with Gasteiger partial charge in [-0.1, -0.05) is 179 Å². The van der Waals surface area contributed by atoms with Crippen molar-refractivity contribution in [3.05, 3.63) is 156 Å². The Morgan fingerprint density at radius 1 is 0.328 bits per heavy atom. The Morgan fingerprint density at radius 2 is 0.703 bits per heavy atom. The van der Waals surface area contributed by atoms with Crippen molar-refractivity contribution in [3.8, 4) is 11.1 Å². The summed E-state index contributed by atoms with van der Waals surface area (Å²) in [5, 5.41) is 5.50. The molecule has 0 spiro atoms. The van der Waals surface area contributed by atoms with Crippen LogP contribution >= 0.6 is 0 Å². The molecule has 8 aromatic rings. The summed E-state index contributed by atoms with van der Waals surface area (Å²) in [5.74, 6) is 0. The fourth-order valence-electron chi connectivity index (χ4n) is 11.8. The van der Waals surface area contributed by atoms with E-state index in [4.69, 9.17) is 0 Å². The first-order chi connectivity index (χ1) is 30.3. The van der Waals surface area contributed by atoms with Gasteiger partial charge in [0, 0.05) is 34.1 Å². The maximum Gasteiger partial charge on any atom is 0.248 e. The molecule has 0 bridgehead atoms. The molecule has 2 nitrogen and oxygen atoms in total. The maximum absolute atomic E-state index is 2.62. The molecule has 12 rings (SSSR count). The zero-order valence-corrected chi connectivity index (χ0v) is 39.8. The van der Waals surface area contributed by atoms with Gasteiger partial charge in [0.1, 0.15) is 0 Å². The average Bonchev–Trinajstić information content (AvgIpc) is 3.24. The third-order valence-corrected chi connectivity index (χ3v) is 15.2. The van der Waals surface area contributed by atoms with Crippen LogP contribution in [0.15, 0.2) is 133 Å². The van der Waals surface area contributed by atoms with Crippen LogP contribution in [0, 0.1) is 0 Å². The molecule has 0 saturated carbocycles. The lowest BCUT2D eigenvalue weighted by Crippen LogP contribution is -2.66. The minimum atomic E-state index is -0.00902. The Bertz CT molecular complexity index is 3100. The molecule has 0 radical (unpaired) electrons. The molecule has 4 heterocycles. The van der Waals surface area contributed by atoms with Gasteiger partial charge >= 0.3 is 0 Å². The van der Waals surface area contributed by atoms with Gasteiger partial charge in [-0.2, -0.15) is 0 Å². The van der Waals surface area contributed by atoms with Crippen LogP contribution in [0.25, 0.3) is 32.7 Å². The lowest BCUT2D eigenvalue weighted by molar-refractivity contribution is 0.590. The molecule has 8 aromatic carbocycles. The monoisotopic (exact) mass is 828 g/mol. The quantitative estimate of drug-likeness (QED) is 0.127. The molecule has 0 fully saturated rings. The van der Waals surface area contributed by atoms with Gasteiger partial charge in [0.2, 0.25) is 13.4 Å². The Hall–Kier alpha value is -5.99. The van der Waals surface area contributed by atoms with Gasteiger partial charge in [-0.3, -0.25) is 0 Å². The summed E-state index contributed by atoms with van der Waals surface area (Å²) in [7, 11) is 0. The summed E-state index contributed by atoms with van der Waals surface area (Å²) >= 11 is 0. The molecule has 4 aliphatic heterocycles. The van der Waals surface area contributed by atoms with Crippen molar-refractivity contribution in [3.63, 3.8) is 0 Å². The van der Waals surface area contributed by atoms with Crippen molar-refractivity contribution in [2.45, 2.75) is 105 Å². The zero-order chi connectivity index (χ0) is 44.6. The van der Waals surface area contributed by atoms with E-state index in [2.05, 4.69) is 226 Å². The molecule has 64 heavy (non-hydrogen) atoms. The predicted molar refractivity (Wildman–Crippen MR) is 280 cm³/mol. The first-order valence-electron chi connectivity index (χ1n) is 23.6. The molecule has 0 atom stereocenters. The van der Waals surface area contributed by atoms with E-state index in [1.165, 1.54) is 122 Å². The topological polar surface area (TPSA) is 6.48 Å². The molecule has 0 aliphatic carbocycles. The van der Waals surface area contributed by atoms with Crippen LogP contribution in [-0.4, -0.2) is 13.4 Å². The second-order valence-corrected chi connectivity index (χ2v) is 23.4. The van der Waals surface area contributed by atoms with E-state index >= 15 is 0 Å². The number of rotatable bonds is 2. The number of benzene rings is 8. The summed E-state index contributed by atoms with van der Waals surface area (Å²) in [6.07, 6.45) is 0. The van der Waals surface area contributed by atoms with Gasteiger partial charge < -0.3 is 9.80 Å². The van der Waals surface area contributed by atoms with Gasteiger partial charge in [0.25, 0.3) is 0 Å². The van der Waals surface area contributed by atoms with Crippen LogP contribution in [0.4, 0.5) is 34.1 Å². The van der Waals surface area contributed by atoms with Crippen LogP contribution in [0.5, 0.6) is 0 Å². The van der Waals surface area contributed by atoms with E-state index in [9.17, 15) is 0 Å². The van der Waals surface area contributed by atoms with E-state index in [1.54, 1.807) is 0 Å². The minimum Gasteiger partial charge on any atom is -0.311 e. The first-order valence-corrected chi connectivity index (χ1v) is 23.6. The molecule has 0 unspecified atom stereocenters. The van der Waals surface area contributed by atoms with Crippen LogP contribution < -0.4 is 42.6 Å². The summed E-state index contributed by atoms with van der Waals surface area (Å²) in [5.41, 5.74) is 24.4. The molecule has 0 amide bonds. The number of anilines is 6. The van der Waals surface area contributed by atoms with Crippen molar-refractivity contribution in [1.82, 2.24) is 0 Å². The van der Waals surface area contributed by atoms with Gasteiger partial charge in [0.05, 0.1) is 0 Å². The summed E-state index contributed by atoms with van der Waals surface area (Å²) in [4.78, 5) is 5.24. The van der Waals surface area contributed by atoms with E-state index in [0.29, 0.717) is 0 Å². The largest absolute Gasteiger partial charge is 0.311 e. The van der Waals surface area contributed by atoms with Gasteiger partial charge in [-0.15, -0.1) is 0 Å². The zero-order valence-electron chi connectivity index (χ0n) is 39.8. The first kappa shape index (κ1) is 39.6. The normalized spacial score (nSPS) is 14.8. The highest BCUT2D eigenvalue weighted by molar-refractivity contribution is 7.05. The molecule has 4 heteroatoms. The summed E-state index contributed by atoms with van der Waals surface area (Å²) in [6, 6.07) is 53.1. The molecular formula is C60H58B2N2. The molecule has 0 saturated heterocycles. The highest BCUT2D eigenvalue weighted by atomic mass is 15.2. The van der Waals surface area contributed by atoms with Crippen molar-refractivity contribution < 1.29 is 0 Å². The molecular weight excluding hydrogens is 770 g/mol. The lowest BCUT2D eigenvalue weighted by atomic mass is 9.26. The van der Waals surface area contributed by atoms with Crippen LogP contribution in [0.1, 0.15) is 105 Å². The third-order valence-electron chi connectivity index (χ3n) is 15.2. The molecule has 0 aromatic heterocycles. The van der Waals surface area contributed by atoms with Crippen LogP contribution in [0.2, 0.25) is 0 Å². The standard InChI is InChI=1S/C60H58B2N2/c1-57(2,3)37-19-25-41(26-20-37)63-47-29-23-39(59(7,8)9)32-45(47)61-43-17-13-15-35-31-36-16-14-18-44-52(36)53(51(35)43)54-55(61)49(63)34-50-56(54)62(44)46-33-40(60(10,11)12)24-30-48(46)64(50)42-27-21-38(22-28-42)58(4,5)6/h13-34H,1-12H3.